The van der Waals surface area contributed by atoms with Gasteiger partial charge in [-0.05, 0) is 28.5 Å². The molecule has 1 saturated heterocycles. The summed E-state index contributed by atoms with van der Waals surface area (Å²) >= 11 is 1.72. The minimum Gasteiger partial charge on any atom is -0.480 e. The molecule has 1 aliphatic rings. The Bertz CT molecular complexity index is 681. The van der Waals surface area contributed by atoms with Crippen molar-refractivity contribution in [2.75, 3.05) is 19.0 Å². The van der Waals surface area contributed by atoms with Crippen LogP contribution < -0.4 is 0 Å². The van der Waals surface area contributed by atoms with E-state index in [-0.39, 0.29) is 6.54 Å². The number of aliphatic carboxylic acids is 1. The molecule has 20 heavy (non-hydrogen) atoms. The number of hydrogen-bond acceptors (Lipinski definition) is 3. The van der Waals surface area contributed by atoms with E-state index in [4.69, 9.17) is 5.11 Å². The zero-order valence-electron chi connectivity index (χ0n) is 11.0. The second-order valence-electron chi connectivity index (χ2n) is 4.87. The van der Waals surface area contributed by atoms with Crippen molar-refractivity contribution in [3.05, 3.63) is 52.9 Å². The summed E-state index contributed by atoms with van der Waals surface area (Å²) in [5.74, 6) is -0.0105. The molecule has 102 valence electrons. The molecule has 0 aromatic heterocycles. The first kappa shape index (κ1) is 13.2. The van der Waals surface area contributed by atoms with Gasteiger partial charge in [0, 0.05) is 17.3 Å². The molecule has 4 heteroatoms. The number of benzene rings is 2. The van der Waals surface area contributed by atoms with Crippen LogP contribution in [0.15, 0.2) is 47.4 Å². The van der Waals surface area contributed by atoms with Crippen LogP contribution in [0.3, 0.4) is 0 Å². The van der Waals surface area contributed by atoms with Crippen LogP contribution in [-0.2, 0) is 4.79 Å². The number of rotatable bonds is 3. The number of thioether (sulfide) groups is 1. The summed E-state index contributed by atoms with van der Waals surface area (Å²) in [5.41, 5.74) is 1.17. The van der Waals surface area contributed by atoms with Gasteiger partial charge in [0.25, 0.3) is 0 Å². The third-order valence-corrected chi connectivity index (χ3v) is 4.38. The molecule has 1 N–H and O–H groups in total. The summed E-state index contributed by atoms with van der Waals surface area (Å²) in [6.45, 7) is 0.839. The largest absolute Gasteiger partial charge is 0.480 e. The van der Waals surface area contributed by atoms with E-state index in [2.05, 4.69) is 36.4 Å². The zero-order valence-corrected chi connectivity index (χ0v) is 11.8. The topological polar surface area (TPSA) is 40.5 Å². The van der Waals surface area contributed by atoms with Crippen LogP contribution in [0.5, 0.6) is 0 Å². The zero-order chi connectivity index (χ0) is 13.9. The monoisotopic (exact) mass is 285 g/mol. The van der Waals surface area contributed by atoms with E-state index in [1.54, 1.807) is 11.8 Å². The predicted octanol–water partition coefficient (Wildman–Crippen LogP) is 3.27. The first-order valence-corrected chi connectivity index (χ1v) is 7.45. The minimum atomic E-state index is -0.766. The molecule has 1 heterocycles. The van der Waals surface area contributed by atoms with E-state index in [0.29, 0.717) is 0 Å². The van der Waals surface area contributed by atoms with Crippen molar-refractivity contribution >= 4 is 34.6 Å². The van der Waals surface area contributed by atoms with Gasteiger partial charge in [0.2, 0.25) is 0 Å². The third kappa shape index (κ3) is 3.03. The summed E-state index contributed by atoms with van der Waals surface area (Å²) in [5, 5.41) is 11.3. The summed E-state index contributed by atoms with van der Waals surface area (Å²) in [4.78, 5) is 13.9. The van der Waals surface area contributed by atoms with Gasteiger partial charge in [-0.2, -0.15) is 0 Å². The third-order valence-electron chi connectivity index (χ3n) is 3.27. The van der Waals surface area contributed by atoms with Gasteiger partial charge in [-0.15, -0.1) is 11.8 Å². The van der Waals surface area contributed by atoms with Crippen LogP contribution in [0.25, 0.3) is 16.8 Å². The van der Waals surface area contributed by atoms with E-state index in [0.717, 1.165) is 12.4 Å². The highest BCUT2D eigenvalue weighted by Crippen LogP contribution is 2.28. The van der Waals surface area contributed by atoms with Gasteiger partial charge in [-0.25, -0.2) is 0 Å². The van der Waals surface area contributed by atoms with E-state index >= 15 is 0 Å². The van der Waals surface area contributed by atoms with Gasteiger partial charge >= 0.3 is 5.97 Å². The Kier molecular flexibility index (Phi) is 3.76. The van der Waals surface area contributed by atoms with Crippen molar-refractivity contribution in [1.29, 1.82) is 0 Å². The van der Waals surface area contributed by atoms with Gasteiger partial charge < -0.3 is 5.11 Å². The highest BCUT2D eigenvalue weighted by atomic mass is 32.2. The van der Waals surface area contributed by atoms with Gasteiger partial charge in [0.1, 0.15) is 0 Å². The van der Waals surface area contributed by atoms with Crippen molar-refractivity contribution in [3.8, 4) is 0 Å². The van der Waals surface area contributed by atoms with E-state index in [1.165, 1.54) is 21.2 Å². The molecule has 2 aromatic rings. The van der Waals surface area contributed by atoms with E-state index in [9.17, 15) is 4.79 Å². The maximum atomic E-state index is 10.7. The van der Waals surface area contributed by atoms with Crippen LogP contribution in [-0.4, -0.2) is 34.9 Å². The minimum absolute atomic E-state index is 0.113. The maximum Gasteiger partial charge on any atom is 0.317 e. The lowest BCUT2D eigenvalue weighted by atomic mass is 10.1. The molecular weight excluding hydrogens is 270 g/mol. The average molecular weight is 285 g/mol. The molecule has 0 atom stereocenters. The van der Waals surface area contributed by atoms with Gasteiger partial charge in [0.05, 0.1) is 6.54 Å². The molecule has 3 rings (SSSR count). The molecule has 2 aromatic carbocycles. The molecule has 0 spiro atoms. The first-order chi connectivity index (χ1) is 9.70. The second-order valence-corrected chi connectivity index (χ2v) is 5.94. The van der Waals surface area contributed by atoms with Crippen molar-refractivity contribution in [2.45, 2.75) is 0 Å². The van der Waals surface area contributed by atoms with Crippen molar-refractivity contribution in [3.63, 3.8) is 0 Å². The maximum absolute atomic E-state index is 10.7. The number of carboxylic acids is 1. The van der Waals surface area contributed by atoms with Crippen LogP contribution >= 0.6 is 11.8 Å². The lowest BCUT2D eigenvalue weighted by Gasteiger charge is -2.08. The standard InChI is InChI=1S/C16H15NO2S/c18-16(19)10-17-9-15(20-11-17)8-12-5-6-13-3-1-2-4-14(13)7-12/h1-8H,9-11H2,(H,18,19). The van der Waals surface area contributed by atoms with Crippen molar-refractivity contribution in [2.24, 2.45) is 0 Å². The molecule has 0 amide bonds. The Morgan fingerprint density at radius 1 is 1.25 bits per heavy atom. The van der Waals surface area contributed by atoms with Gasteiger partial charge in [-0.3, -0.25) is 9.69 Å². The van der Waals surface area contributed by atoms with Gasteiger partial charge in [-0.1, -0.05) is 36.4 Å². The summed E-state index contributed by atoms with van der Waals surface area (Å²) in [6, 6.07) is 14.7. The van der Waals surface area contributed by atoms with Crippen LogP contribution in [0.2, 0.25) is 0 Å². The fourth-order valence-electron chi connectivity index (χ4n) is 2.35. The highest BCUT2D eigenvalue weighted by molar-refractivity contribution is 8.03. The molecule has 0 unspecified atom stereocenters. The Labute approximate surface area is 121 Å². The highest BCUT2D eigenvalue weighted by Gasteiger charge is 2.19. The van der Waals surface area contributed by atoms with Gasteiger partial charge in [0.15, 0.2) is 0 Å². The number of nitrogens with zero attached hydrogens (tertiary/aromatic N) is 1. The second kappa shape index (κ2) is 5.69. The smallest absolute Gasteiger partial charge is 0.317 e. The summed E-state index contributed by atoms with van der Waals surface area (Å²) < 4.78 is 0. The molecule has 1 fully saturated rings. The Morgan fingerprint density at radius 3 is 2.85 bits per heavy atom. The number of hydrogen-bond donors (Lipinski definition) is 1. The SMILES string of the molecule is O=C(O)CN1CSC(=Cc2ccc3ccccc3c2)C1. The van der Waals surface area contributed by atoms with Crippen LogP contribution in [0, 0.1) is 0 Å². The Morgan fingerprint density at radius 2 is 2.05 bits per heavy atom. The number of carbonyl (C=O) groups is 1. The number of fused-ring (bicyclic) bond motifs is 1. The Hall–Kier alpha value is -1.78. The van der Waals surface area contributed by atoms with Crippen molar-refractivity contribution in [1.82, 2.24) is 4.90 Å². The van der Waals surface area contributed by atoms with Crippen LogP contribution in [0.1, 0.15) is 5.56 Å². The lowest BCUT2D eigenvalue weighted by molar-refractivity contribution is -0.137. The quantitative estimate of drug-likeness (QED) is 0.939. The fraction of sp³-hybridized carbons (Fsp3) is 0.188. The molecule has 0 bridgehead atoms. The summed E-state index contributed by atoms with van der Waals surface area (Å²) in [7, 11) is 0. The van der Waals surface area contributed by atoms with E-state index in [1.807, 2.05) is 17.0 Å². The molecule has 0 radical (unpaired) electrons. The Balaban J connectivity index is 1.79. The van der Waals surface area contributed by atoms with Crippen molar-refractivity contribution < 1.29 is 9.90 Å². The molecule has 3 nitrogen and oxygen atoms in total. The lowest BCUT2D eigenvalue weighted by Crippen LogP contribution is -2.26. The molecule has 0 aliphatic carbocycles. The number of carboxylic acid groups (broad SMARTS) is 1. The first-order valence-electron chi connectivity index (χ1n) is 6.47. The summed E-state index contributed by atoms with van der Waals surface area (Å²) in [6.07, 6.45) is 2.15. The van der Waals surface area contributed by atoms with Crippen LogP contribution in [0.4, 0.5) is 0 Å². The molecular formula is C16H15NO2S. The average Bonchev–Trinajstić information content (AvgIpc) is 2.85. The normalized spacial score (nSPS) is 17.9. The fourth-order valence-corrected chi connectivity index (χ4v) is 3.37. The predicted molar refractivity (Wildman–Crippen MR) is 83.6 cm³/mol. The van der Waals surface area contributed by atoms with E-state index < -0.39 is 5.97 Å². The molecule has 1 aliphatic heterocycles. The molecule has 0 saturated carbocycles.